The summed E-state index contributed by atoms with van der Waals surface area (Å²) in [6.07, 6.45) is 2.72. The van der Waals surface area contributed by atoms with Gasteiger partial charge >= 0.3 is 0 Å². The molecule has 1 saturated carbocycles. The Kier molecular flexibility index (Phi) is 5.40. The van der Waals surface area contributed by atoms with Crippen LogP contribution in [0.3, 0.4) is 0 Å². The first-order valence-electron chi connectivity index (χ1n) is 7.30. The van der Waals surface area contributed by atoms with Crippen molar-refractivity contribution in [3.8, 4) is 11.8 Å². The third-order valence-electron chi connectivity index (χ3n) is 3.76. The van der Waals surface area contributed by atoms with Gasteiger partial charge in [0.2, 0.25) is 0 Å². The van der Waals surface area contributed by atoms with Gasteiger partial charge < -0.3 is 10.1 Å². The molecule has 0 saturated heterocycles. The summed E-state index contributed by atoms with van der Waals surface area (Å²) in [7, 11) is 1.60. The lowest BCUT2D eigenvalue weighted by atomic mass is 10.1. The van der Waals surface area contributed by atoms with Crippen LogP contribution in [-0.2, 0) is 6.54 Å². The molecule has 0 radical (unpaired) electrons. The average Bonchev–Trinajstić information content (AvgIpc) is 3.31. The minimum atomic E-state index is 0.585. The molecular weight excluding hydrogens is 250 g/mol. The van der Waals surface area contributed by atoms with Gasteiger partial charge in [0.15, 0.2) is 0 Å². The number of ether oxygens (including phenoxy) is 1. The summed E-state index contributed by atoms with van der Waals surface area (Å²) in [4.78, 5) is 2.53. The zero-order valence-electron chi connectivity index (χ0n) is 12.4. The number of nitriles is 1. The van der Waals surface area contributed by atoms with Gasteiger partial charge in [0.1, 0.15) is 11.8 Å². The Bertz CT molecular complexity index is 477. The van der Waals surface area contributed by atoms with Gasteiger partial charge in [0, 0.05) is 25.7 Å². The molecule has 20 heavy (non-hydrogen) atoms. The van der Waals surface area contributed by atoms with Crippen molar-refractivity contribution in [1.82, 2.24) is 10.2 Å². The number of nitrogens with zero attached hydrogens (tertiary/aromatic N) is 2. The van der Waals surface area contributed by atoms with Crippen LogP contribution in [0, 0.1) is 11.3 Å². The van der Waals surface area contributed by atoms with E-state index in [1.165, 1.54) is 12.8 Å². The monoisotopic (exact) mass is 273 g/mol. The number of likely N-dealkylation sites (N-methyl/N-ethyl adjacent to an activating group) is 1. The highest BCUT2D eigenvalue weighted by Gasteiger charge is 2.26. The Labute approximate surface area is 121 Å². The van der Waals surface area contributed by atoms with Gasteiger partial charge in [0.05, 0.1) is 12.7 Å². The van der Waals surface area contributed by atoms with Gasteiger partial charge in [-0.25, -0.2) is 0 Å². The maximum absolute atomic E-state index is 8.95. The fourth-order valence-electron chi connectivity index (χ4n) is 2.43. The van der Waals surface area contributed by atoms with Crippen LogP contribution in [-0.4, -0.2) is 37.7 Å². The van der Waals surface area contributed by atoms with Crippen LogP contribution in [0.15, 0.2) is 18.2 Å². The minimum Gasteiger partial charge on any atom is -0.495 e. The molecule has 0 unspecified atom stereocenters. The second-order valence-corrected chi connectivity index (χ2v) is 5.18. The topological polar surface area (TPSA) is 48.3 Å². The average molecular weight is 273 g/mol. The standard InChI is InChI=1S/C16H23N3O/c1-3-19(15-6-7-15)9-8-18-12-13-4-5-14(11-17)16(10-13)20-2/h4-5,10,15,18H,3,6-9,12H2,1-2H3. The first-order valence-corrected chi connectivity index (χ1v) is 7.30. The van der Waals surface area contributed by atoms with E-state index in [0.29, 0.717) is 11.3 Å². The van der Waals surface area contributed by atoms with E-state index in [2.05, 4.69) is 23.2 Å². The molecule has 4 nitrogen and oxygen atoms in total. The molecule has 1 aliphatic rings. The number of hydrogen-bond acceptors (Lipinski definition) is 4. The van der Waals surface area contributed by atoms with Crippen LogP contribution < -0.4 is 10.1 Å². The lowest BCUT2D eigenvalue weighted by Crippen LogP contribution is -2.33. The van der Waals surface area contributed by atoms with E-state index in [1.54, 1.807) is 7.11 Å². The van der Waals surface area contributed by atoms with Crippen LogP contribution in [0.25, 0.3) is 0 Å². The molecule has 1 aromatic rings. The number of rotatable bonds is 8. The van der Waals surface area contributed by atoms with Gasteiger partial charge in [-0.2, -0.15) is 5.26 Å². The molecule has 1 aromatic carbocycles. The summed E-state index contributed by atoms with van der Waals surface area (Å²) in [5.74, 6) is 0.653. The van der Waals surface area contributed by atoms with Crippen LogP contribution in [0.5, 0.6) is 5.75 Å². The Balaban J connectivity index is 1.77. The molecule has 1 aliphatic carbocycles. The van der Waals surface area contributed by atoms with E-state index in [4.69, 9.17) is 10.00 Å². The van der Waals surface area contributed by atoms with Gasteiger partial charge in [0.25, 0.3) is 0 Å². The summed E-state index contributed by atoms with van der Waals surface area (Å²) >= 11 is 0. The van der Waals surface area contributed by atoms with Crippen LogP contribution in [0.2, 0.25) is 0 Å². The predicted octanol–water partition coefficient (Wildman–Crippen LogP) is 2.14. The van der Waals surface area contributed by atoms with E-state index >= 15 is 0 Å². The zero-order chi connectivity index (χ0) is 14.4. The van der Waals surface area contributed by atoms with E-state index in [0.717, 1.165) is 37.8 Å². The smallest absolute Gasteiger partial charge is 0.136 e. The summed E-state index contributed by atoms with van der Waals surface area (Å²) in [6.45, 7) is 6.27. The third kappa shape index (κ3) is 3.96. The van der Waals surface area contributed by atoms with Crippen molar-refractivity contribution in [2.75, 3.05) is 26.7 Å². The van der Waals surface area contributed by atoms with E-state index < -0.39 is 0 Å². The van der Waals surface area contributed by atoms with Crippen molar-refractivity contribution < 1.29 is 4.74 Å². The van der Waals surface area contributed by atoms with Crippen molar-refractivity contribution in [3.05, 3.63) is 29.3 Å². The maximum atomic E-state index is 8.95. The van der Waals surface area contributed by atoms with E-state index in [1.807, 2.05) is 18.2 Å². The van der Waals surface area contributed by atoms with Gasteiger partial charge in [-0.1, -0.05) is 13.0 Å². The Morgan fingerprint density at radius 1 is 1.45 bits per heavy atom. The normalized spacial score (nSPS) is 14.3. The Morgan fingerprint density at radius 2 is 2.25 bits per heavy atom. The molecule has 0 aromatic heterocycles. The summed E-state index contributed by atoms with van der Waals surface area (Å²) in [6, 6.07) is 8.69. The fourth-order valence-corrected chi connectivity index (χ4v) is 2.43. The lowest BCUT2D eigenvalue weighted by Gasteiger charge is -2.19. The lowest BCUT2D eigenvalue weighted by molar-refractivity contribution is 0.277. The molecule has 0 atom stereocenters. The molecule has 1 N–H and O–H groups in total. The molecule has 0 heterocycles. The van der Waals surface area contributed by atoms with Crippen molar-refractivity contribution >= 4 is 0 Å². The Morgan fingerprint density at radius 3 is 2.85 bits per heavy atom. The highest BCUT2D eigenvalue weighted by molar-refractivity contribution is 5.45. The van der Waals surface area contributed by atoms with Crippen molar-refractivity contribution in [2.24, 2.45) is 0 Å². The maximum Gasteiger partial charge on any atom is 0.136 e. The van der Waals surface area contributed by atoms with Crippen molar-refractivity contribution in [1.29, 1.82) is 5.26 Å². The number of methoxy groups -OCH3 is 1. The first-order chi connectivity index (χ1) is 9.78. The minimum absolute atomic E-state index is 0.585. The molecule has 108 valence electrons. The molecule has 0 spiro atoms. The van der Waals surface area contributed by atoms with Crippen LogP contribution >= 0.6 is 0 Å². The largest absolute Gasteiger partial charge is 0.495 e. The summed E-state index contributed by atoms with van der Waals surface area (Å²) in [5.41, 5.74) is 1.73. The number of benzene rings is 1. The predicted molar refractivity (Wildman–Crippen MR) is 79.7 cm³/mol. The quantitative estimate of drug-likeness (QED) is 0.737. The first kappa shape index (κ1) is 14.8. The second kappa shape index (κ2) is 7.28. The van der Waals surface area contributed by atoms with Crippen LogP contribution in [0.4, 0.5) is 0 Å². The molecule has 1 fully saturated rings. The molecule has 0 amide bonds. The molecule has 2 rings (SSSR count). The molecular formula is C16H23N3O. The molecule has 0 bridgehead atoms. The highest BCUT2D eigenvalue weighted by atomic mass is 16.5. The van der Waals surface area contributed by atoms with Crippen molar-refractivity contribution in [2.45, 2.75) is 32.4 Å². The van der Waals surface area contributed by atoms with Gasteiger partial charge in [-0.15, -0.1) is 0 Å². The summed E-state index contributed by atoms with van der Waals surface area (Å²) in [5, 5.41) is 12.4. The number of nitrogens with one attached hydrogen (secondary N) is 1. The molecule has 4 heteroatoms. The van der Waals surface area contributed by atoms with E-state index in [9.17, 15) is 0 Å². The van der Waals surface area contributed by atoms with Gasteiger partial charge in [-0.05, 0) is 37.1 Å². The third-order valence-corrected chi connectivity index (χ3v) is 3.76. The van der Waals surface area contributed by atoms with Gasteiger partial charge in [-0.3, -0.25) is 4.90 Å². The fraction of sp³-hybridized carbons (Fsp3) is 0.562. The van der Waals surface area contributed by atoms with E-state index in [-0.39, 0.29) is 0 Å². The Hall–Kier alpha value is -1.57. The molecule has 0 aliphatic heterocycles. The SMILES string of the molecule is CCN(CCNCc1ccc(C#N)c(OC)c1)C1CC1. The van der Waals surface area contributed by atoms with Crippen LogP contribution in [0.1, 0.15) is 30.9 Å². The zero-order valence-corrected chi connectivity index (χ0v) is 12.4. The highest BCUT2D eigenvalue weighted by Crippen LogP contribution is 2.25. The second-order valence-electron chi connectivity index (χ2n) is 5.18. The van der Waals surface area contributed by atoms with Crippen molar-refractivity contribution in [3.63, 3.8) is 0 Å². The summed E-state index contributed by atoms with van der Waals surface area (Å²) < 4.78 is 5.22. The number of hydrogen-bond donors (Lipinski definition) is 1.